The van der Waals surface area contributed by atoms with E-state index in [1.165, 1.54) is 0 Å². The van der Waals surface area contributed by atoms with Crippen LogP contribution in [-0.4, -0.2) is 32.3 Å². The van der Waals surface area contributed by atoms with E-state index in [1.807, 2.05) is 6.07 Å². The molecule has 2 rings (SSSR count). The van der Waals surface area contributed by atoms with Crippen molar-refractivity contribution in [1.82, 2.24) is 5.32 Å². The molecule has 1 aliphatic heterocycles. The smallest absolute Gasteiger partial charge is 0.146 e. The van der Waals surface area contributed by atoms with E-state index in [0.29, 0.717) is 13.2 Å². The minimum absolute atomic E-state index is 0.0312. The lowest BCUT2D eigenvalue weighted by Crippen LogP contribution is -2.39. The van der Waals surface area contributed by atoms with E-state index in [-0.39, 0.29) is 11.4 Å². The van der Waals surface area contributed by atoms with Gasteiger partial charge >= 0.3 is 0 Å². The standard InChI is InChI=1S/C16H25FN2O/c1-16(2)8-5-10-19(16)15-13(6-4-7-14(15)17)12-18-9-11-20-3/h4,6-7,18H,5,8-12H2,1-3H3. The van der Waals surface area contributed by atoms with E-state index in [1.54, 1.807) is 19.2 Å². The molecule has 1 fully saturated rings. The van der Waals surface area contributed by atoms with Gasteiger partial charge in [0.1, 0.15) is 5.82 Å². The Morgan fingerprint density at radius 3 is 2.85 bits per heavy atom. The van der Waals surface area contributed by atoms with Crippen molar-refractivity contribution in [3.8, 4) is 0 Å². The van der Waals surface area contributed by atoms with Crippen molar-refractivity contribution in [2.24, 2.45) is 0 Å². The van der Waals surface area contributed by atoms with E-state index in [2.05, 4.69) is 24.1 Å². The van der Waals surface area contributed by atoms with Crippen molar-refractivity contribution in [3.05, 3.63) is 29.6 Å². The molecule has 3 nitrogen and oxygen atoms in total. The predicted molar refractivity (Wildman–Crippen MR) is 80.6 cm³/mol. The molecule has 0 radical (unpaired) electrons. The highest BCUT2D eigenvalue weighted by Gasteiger charge is 2.34. The molecule has 0 saturated carbocycles. The molecule has 0 atom stereocenters. The monoisotopic (exact) mass is 280 g/mol. The molecule has 112 valence electrons. The average molecular weight is 280 g/mol. The van der Waals surface area contributed by atoms with Gasteiger partial charge in [-0.25, -0.2) is 4.39 Å². The third-order valence-electron chi connectivity index (χ3n) is 4.04. The number of halogens is 1. The summed E-state index contributed by atoms with van der Waals surface area (Å²) in [7, 11) is 1.68. The molecule has 0 amide bonds. The topological polar surface area (TPSA) is 24.5 Å². The number of anilines is 1. The number of rotatable bonds is 6. The number of benzene rings is 1. The van der Waals surface area contributed by atoms with Crippen LogP contribution in [0.4, 0.5) is 10.1 Å². The number of hydrogen-bond acceptors (Lipinski definition) is 3. The van der Waals surface area contributed by atoms with Gasteiger partial charge in [-0.05, 0) is 38.3 Å². The molecule has 4 heteroatoms. The fourth-order valence-electron chi connectivity index (χ4n) is 2.92. The summed E-state index contributed by atoms with van der Waals surface area (Å²) in [5.41, 5.74) is 1.82. The normalized spacial score (nSPS) is 17.7. The van der Waals surface area contributed by atoms with Crippen LogP contribution in [0.5, 0.6) is 0 Å². The molecule has 0 aromatic heterocycles. The highest BCUT2D eigenvalue weighted by Crippen LogP contribution is 2.37. The Balaban J connectivity index is 2.18. The Hall–Kier alpha value is -1.13. The summed E-state index contributed by atoms with van der Waals surface area (Å²) in [6.45, 7) is 7.42. The van der Waals surface area contributed by atoms with Gasteiger partial charge in [0.25, 0.3) is 0 Å². The van der Waals surface area contributed by atoms with Gasteiger partial charge in [-0.2, -0.15) is 0 Å². The summed E-state index contributed by atoms with van der Waals surface area (Å²) in [6.07, 6.45) is 2.23. The van der Waals surface area contributed by atoms with Crippen LogP contribution in [0.1, 0.15) is 32.3 Å². The maximum absolute atomic E-state index is 14.3. The van der Waals surface area contributed by atoms with Crippen LogP contribution in [0.3, 0.4) is 0 Å². The Morgan fingerprint density at radius 2 is 2.20 bits per heavy atom. The second-order valence-corrected chi connectivity index (χ2v) is 5.98. The number of methoxy groups -OCH3 is 1. The molecule has 0 spiro atoms. The average Bonchev–Trinajstić information content (AvgIpc) is 2.74. The van der Waals surface area contributed by atoms with Gasteiger partial charge in [0.05, 0.1) is 12.3 Å². The van der Waals surface area contributed by atoms with Crippen LogP contribution in [0.15, 0.2) is 18.2 Å². The van der Waals surface area contributed by atoms with Crippen LogP contribution in [-0.2, 0) is 11.3 Å². The molecule has 1 N–H and O–H groups in total. The zero-order valence-electron chi connectivity index (χ0n) is 12.7. The third-order valence-corrected chi connectivity index (χ3v) is 4.04. The van der Waals surface area contributed by atoms with Gasteiger partial charge in [-0.3, -0.25) is 0 Å². The van der Waals surface area contributed by atoms with Crippen molar-refractivity contribution in [2.45, 2.75) is 38.8 Å². The Bertz CT molecular complexity index is 448. The van der Waals surface area contributed by atoms with Crippen molar-refractivity contribution in [1.29, 1.82) is 0 Å². The first-order valence-corrected chi connectivity index (χ1v) is 7.31. The summed E-state index contributed by atoms with van der Waals surface area (Å²) in [4.78, 5) is 2.22. The molecule has 0 bridgehead atoms. The molecule has 1 heterocycles. The maximum atomic E-state index is 14.3. The zero-order chi connectivity index (χ0) is 14.6. The summed E-state index contributed by atoms with van der Waals surface area (Å²) in [6, 6.07) is 5.35. The number of para-hydroxylation sites is 1. The van der Waals surface area contributed by atoms with Gasteiger partial charge in [0, 0.05) is 32.3 Å². The van der Waals surface area contributed by atoms with E-state index < -0.39 is 0 Å². The third kappa shape index (κ3) is 3.30. The van der Waals surface area contributed by atoms with Crippen LogP contribution >= 0.6 is 0 Å². The predicted octanol–water partition coefficient (Wildman–Crippen LogP) is 2.94. The lowest BCUT2D eigenvalue weighted by Gasteiger charge is -2.35. The van der Waals surface area contributed by atoms with Crippen LogP contribution < -0.4 is 10.2 Å². The largest absolute Gasteiger partial charge is 0.383 e. The number of ether oxygens (including phenoxy) is 1. The quantitative estimate of drug-likeness (QED) is 0.811. The molecule has 0 aliphatic carbocycles. The first-order valence-electron chi connectivity index (χ1n) is 7.31. The molecular formula is C16H25FN2O. The number of hydrogen-bond donors (Lipinski definition) is 1. The van der Waals surface area contributed by atoms with Crippen molar-refractivity contribution in [3.63, 3.8) is 0 Å². The first-order chi connectivity index (χ1) is 9.56. The van der Waals surface area contributed by atoms with Gasteiger partial charge in [-0.15, -0.1) is 0 Å². The second-order valence-electron chi connectivity index (χ2n) is 5.98. The number of nitrogens with one attached hydrogen (secondary N) is 1. The molecular weight excluding hydrogens is 255 g/mol. The fraction of sp³-hybridized carbons (Fsp3) is 0.625. The van der Waals surface area contributed by atoms with E-state index in [4.69, 9.17) is 4.74 Å². The van der Waals surface area contributed by atoms with E-state index in [0.717, 1.165) is 37.2 Å². The molecule has 0 unspecified atom stereocenters. The van der Waals surface area contributed by atoms with Crippen LogP contribution in [0, 0.1) is 5.82 Å². The van der Waals surface area contributed by atoms with Crippen molar-refractivity contribution in [2.75, 3.05) is 31.7 Å². The van der Waals surface area contributed by atoms with Gasteiger partial charge < -0.3 is 15.0 Å². The second kappa shape index (κ2) is 6.55. The molecule has 20 heavy (non-hydrogen) atoms. The summed E-state index contributed by atoms with van der Waals surface area (Å²) in [5, 5.41) is 3.30. The van der Waals surface area contributed by atoms with E-state index in [9.17, 15) is 4.39 Å². The van der Waals surface area contributed by atoms with Gasteiger partial charge in [0.2, 0.25) is 0 Å². The van der Waals surface area contributed by atoms with Crippen LogP contribution in [0.25, 0.3) is 0 Å². The summed E-state index contributed by atoms with van der Waals surface area (Å²) < 4.78 is 19.3. The minimum Gasteiger partial charge on any atom is -0.383 e. The molecule has 1 aliphatic rings. The summed E-state index contributed by atoms with van der Waals surface area (Å²) >= 11 is 0. The molecule has 1 aromatic rings. The lowest BCUT2D eigenvalue weighted by atomic mass is 10.0. The highest BCUT2D eigenvalue weighted by molar-refractivity contribution is 5.57. The maximum Gasteiger partial charge on any atom is 0.146 e. The SMILES string of the molecule is COCCNCc1cccc(F)c1N1CCCC1(C)C. The molecule has 1 aromatic carbocycles. The zero-order valence-corrected chi connectivity index (χ0v) is 12.7. The van der Waals surface area contributed by atoms with Crippen LogP contribution in [0.2, 0.25) is 0 Å². The minimum atomic E-state index is -0.119. The Kier molecular flexibility index (Phi) is 5.00. The molecule has 1 saturated heterocycles. The van der Waals surface area contributed by atoms with Crippen molar-refractivity contribution < 1.29 is 9.13 Å². The summed E-state index contributed by atoms with van der Waals surface area (Å²) in [5.74, 6) is -0.119. The van der Waals surface area contributed by atoms with Gasteiger partial charge in [-0.1, -0.05) is 12.1 Å². The lowest BCUT2D eigenvalue weighted by molar-refractivity contribution is 0.199. The number of nitrogens with zero attached hydrogens (tertiary/aromatic N) is 1. The van der Waals surface area contributed by atoms with Gasteiger partial charge in [0.15, 0.2) is 0 Å². The first kappa shape index (κ1) is 15.3. The van der Waals surface area contributed by atoms with E-state index >= 15 is 0 Å². The Morgan fingerprint density at radius 1 is 1.40 bits per heavy atom. The fourth-order valence-corrected chi connectivity index (χ4v) is 2.92. The van der Waals surface area contributed by atoms with Crippen molar-refractivity contribution >= 4 is 5.69 Å². The Labute approximate surface area is 121 Å². The highest BCUT2D eigenvalue weighted by atomic mass is 19.1.